The molecule has 3 amide bonds. The van der Waals surface area contributed by atoms with Crippen molar-refractivity contribution in [1.82, 2.24) is 10.6 Å². The van der Waals surface area contributed by atoms with Crippen molar-refractivity contribution in [2.45, 2.75) is 63.3 Å². The highest BCUT2D eigenvalue weighted by atomic mass is 16.5. The third-order valence-electron chi connectivity index (χ3n) is 6.88. The standard InChI is InChI=1S/C23H30N2O4/c1-15(19-5-3-2-4-6-19)7-21(27)29-14-20(26)24-22(28)25-23-11-16-8-17(12-23)10-18(9-16)13-23/h2-6,15-18H,7-14H2,1H3,(H2,24,25,26,28)/t15-,16?,17?,18?,23?/m1/s1. The molecule has 6 nitrogen and oxygen atoms in total. The van der Waals surface area contributed by atoms with Crippen LogP contribution in [0.25, 0.3) is 0 Å². The number of urea groups is 1. The average molecular weight is 399 g/mol. The summed E-state index contributed by atoms with van der Waals surface area (Å²) in [6.45, 7) is 1.50. The van der Waals surface area contributed by atoms with Crippen LogP contribution in [0.2, 0.25) is 0 Å². The molecule has 1 aromatic rings. The zero-order chi connectivity index (χ0) is 20.4. The summed E-state index contributed by atoms with van der Waals surface area (Å²) in [5.74, 6) is 1.11. The Labute approximate surface area is 171 Å². The first-order valence-corrected chi connectivity index (χ1v) is 10.7. The first kappa shape index (κ1) is 19.9. The zero-order valence-corrected chi connectivity index (χ0v) is 17.0. The first-order chi connectivity index (χ1) is 13.9. The van der Waals surface area contributed by atoms with Crippen LogP contribution < -0.4 is 10.6 Å². The molecule has 4 aliphatic rings. The van der Waals surface area contributed by atoms with E-state index in [0.29, 0.717) is 17.8 Å². The minimum atomic E-state index is -0.590. The second kappa shape index (κ2) is 8.17. The molecule has 2 N–H and O–H groups in total. The van der Waals surface area contributed by atoms with E-state index in [2.05, 4.69) is 10.6 Å². The van der Waals surface area contributed by atoms with E-state index in [-0.39, 0.29) is 17.9 Å². The van der Waals surface area contributed by atoms with Crippen LogP contribution >= 0.6 is 0 Å². The molecule has 4 aliphatic carbocycles. The Hall–Kier alpha value is -2.37. The Morgan fingerprint density at radius 3 is 2.21 bits per heavy atom. The number of carbonyl (C=O) groups is 3. The SMILES string of the molecule is C[C@H](CC(=O)OCC(=O)NC(=O)NC12CC3CC(CC(C3)C1)C2)c1ccccc1. The molecule has 6 heteroatoms. The van der Waals surface area contributed by atoms with Crippen LogP contribution in [-0.4, -0.2) is 30.1 Å². The minimum Gasteiger partial charge on any atom is -0.456 e. The van der Waals surface area contributed by atoms with Gasteiger partial charge in [0.15, 0.2) is 6.61 Å². The van der Waals surface area contributed by atoms with Gasteiger partial charge in [-0.15, -0.1) is 0 Å². The average Bonchev–Trinajstić information content (AvgIpc) is 2.65. The summed E-state index contributed by atoms with van der Waals surface area (Å²) in [6.07, 6.45) is 7.13. The summed E-state index contributed by atoms with van der Waals surface area (Å²) >= 11 is 0. The fourth-order valence-electron chi connectivity index (χ4n) is 6.05. The summed E-state index contributed by atoms with van der Waals surface area (Å²) in [7, 11) is 0. The van der Waals surface area contributed by atoms with Crippen LogP contribution in [0.3, 0.4) is 0 Å². The predicted molar refractivity (Wildman–Crippen MR) is 108 cm³/mol. The quantitative estimate of drug-likeness (QED) is 0.718. The fraction of sp³-hybridized carbons (Fsp3) is 0.609. The van der Waals surface area contributed by atoms with Crippen molar-refractivity contribution in [2.24, 2.45) is 17.8 Å². The van der Waals surface area contributed by atoms with Gasteiger partial charge in [-0.25, -0.2) is 4.79 Å². The Balaban J connectivity index is 1.20. The number of ether oxygens (including phenoxy) is 1. The predicted octanol–water partition coefficient (Wildman–Crippen LogP) is 3.52. The number of carbonyl (C=O) groups excluding carboxylic acids is 3. The first-order valence-electron chi connectivity index (χ1n) is 10.7. The molecule has 4 fully saturated rings. The van der Waals surface area contributed by atoms with Crippen molar-refractivity contribution in [1.29, 1.82) is 0 Å². The second-order valence-corrected chi connectivity index (χ2v) is 9.38. The van der Waals surface area contributed by atoms with Gasteiger partial charge in [-0.1, -0.05) is 37.3 Å². The maximum Gasteiger partial charge on any atom is 0.321 e. The van der Waals surface area contributed by atoms with Gasteiger partial charge in [0.2, 0.25) is 0 Å². The molecule has 29 heavy (non-hydrogen) atoms. The second-order valence-electron chi connectivity index (χ2n) is 9.38. The number of hydrogen-bond acceptors (Lipinski definition) is 4. The van der Waals surface area contributed by atoms with Crippen LogP contribution in [0.1, 0.15) is 63.4 Å². The maximum atomic E-state index is 12.4. The molecule has 0 saturated heterocycles. The lowest BCUT2D eigenvalue weighted by atomic mass is 9.53. The summed E-state index contributed by atoms with van der Waals surface area (Å²) in [5.41, 5.74) is 0.893. The van der Waals surface area contributed by atoms with Crippen molar-refractivity contribution in [3.05, 3.63) is 35.9 Å². The van der Waals surface area contributed by atoms with Gasteiger partial charge in [-0.2, -0.15) is 0 Å². The number of esters is 1. The Morgan fingerprint density at radius 1 is 1.03 bits per heavy atom. The van der Waals surface area contributed by atoms with Gasteiger partial charge >= 0.3 is 12.0 Å². The molecule has 0 heterocycles. The molecule has 0 aromatic heterocycles. The topological polar surface area (TPSA) is 84.5 Å². The van der Waals surface area contributed by atoms with Crippen molar-refractivity contribution in [3.63, 3.8) is 0 Å². The lowest BCUT2D eigenvalue weighted by molar-refractivity contribution is -0.148. The van der Waals surface area contributed by atoms with E-state index >= 15 is 0 Å². The maximum absolute atomic E-state index is 12.4. The minimum absolute atomic E-state index is 0.00569. The molecule has 0 aliphatic heterocycles. The highest BCUT2D eigenvalue weighted by Gasteiger charge is 2.51. The van der Waals surface area contributed by atoms with Gasteiger partial charge in [0.1, 0.15) is 0 Å². The van der Waals surface area contributed by atoms with Gasteiger partial charge in [0, 0.05) is 5.54 Å². The number of nitrogens with one attached hydrogen (secondary N) is 2. The molecule has 4 saturated carbocycles. The van der Waals surface area contributed by atoms with E-state index in [9.17, 15) is 14.4 Å². The molecule has 1 atom stereocenters. The van der Waals surface area contributed by atoms with E-state index < -0.39 is 24.5 Å². The lowest BCUT2D eigenvalue weighted by Gasteiger charge is -2.56. The molecular formula is C23H30N2O4. The number of rotatable bonds is 6. The smallest absolute Gasteiger partial charge is 0.321 e. The van der Waals surface area contributed by atoms with Gasteiger partial charge in [0.05, 0.1) is 6.42 Å². The largest absolute Gasteiger partial charge is 0.456 e. The number of benzene rings is 1. The fourth-order valence-corrected chi connectivity index (χ4v) is 6.05. The monoisotopic (exact) mass is 398 g/mol. The van der Waals surface area contributed by atoms with E-state index in [0.717, 1.165) is 24.8 Å². The normalized spacial score (nSPS) is 30.4. The molecule has 1 aromatic carbocycles. The van der Waals surface area contributed by atoms with Crippen molar-refractivity contribution < 1.29 is 19.1 Å². The molecule has 4 bridgehead atoms. The van der Waals surface area contributed by atoms with E-state index in [1.165, 1.54) is 19.3 Å². The zero-order valence-electron chi connectivity index (χ0n) is 17.0. The molecule has 5 rings (SSSR count). The molecule has 156 valence electrons. The van der Waals surface area contributed by atoms with Crippen molar-refractivity contribution >= 4 is 17.9 Å². The Morgan fingerprint density at radius 2 is 1.62 bits per heavy atom. The van der Waals surface area contributed by atoms with Crippen LogP contribution in [0.4, 0.5) is 4.79 Å². The summed E-state index contributed by atoms with van der Waals surface area (Å²) in [4.78, 5) is 36.4. The van der Waals surface area contributed by atoms with Gasteiger partial charge in [-0.3, -0.25) is 14.9 Å². The highest BCUT2D eigenvalue weighted by Crippen LogP contribution is 2.55. The molecular weight excluding hydrogens is 368 g/mol. The van der Waals surface area contributed by atoms with Crippen LogP contribution in [0, 0.1) is 17.8 Å². The Kier molecular flexibility index (Phi) is 5.61. The molecule has 0 radical (unpaired) electrons. The lowest BCUT2D eigenvalue weighted by Crippen LogP contribution is -2.62. The number of imide groups is 1. The van der Waals surface area contributed by atoms with Crippen molar-refractivity contribution in [2.75, 3.05) is 6.61 Å². The van der Waals surface area contributed by atoms with Gasteiger partial charge < -0.3 is 10.1 Å². The van der Waals surface area contributed by atoms with Crippen LogP contribution in [0.5, 0.6) is 0 Å². The van der Waals surface area contributed by atoms with E-state index in [1.54, 1.807) is 0 Å². The molecule has 0 unspecified atom stereocenters. The Bertz CT molecular complexity index is 741. The van der Waals surface area contributed by atoms with Crippen LogP contribution in [0.15, 0.2) is 30.3 Å². The van der Waals surface area contributed by atoms with E-state index in [1.807, 2.05) is 37.3 Å². The third-order valence-corrected chi connectivity index (χ3v) is 6.88. The van der Waals surface area contributed by atoms with Crippen molar-refractivity contribution in [3.8, 4) is 0 Å². The van der Waals surface area contributed by atoms with E-state index in [4.69, 9.17) is 4.74 Å². The number of hydrogen-bond donors (Lipinski definition) is 2. The summed E-state index contributed by atoms with van der Waals surface area (Å²) < 4.78 is 5.06. The summed E-state index contributed by atoms with van der Waals surface area (Å²) in [5, 5.41) is 5.41. The highest BCUT2D eigenvalue weighted by molar-refractivity contribution is 5.95. The summed E-state index contributed by atoms with van der Waals surface area (Å²) in [6, 6.07) is 9.22. The molecule has 0 spiro atoms. The number of amides is 3. The van der Waals surface area contributed by atoms with Crippen LogP contribution in [-0.2, 0) is 14.3 Å². The third kappa shape index (κ3) is 4.80. The van der Waals surface area contributed by atoms with Gasteiger partial charge in [-0.05, 0) is 67.8 Å². The van der Waals surface area contributed by atoms with Gasteiger partial charge in [0.25, 0.3) is 5.91 Å².